The van der Waals surface area contributed by atoms with E-state index in [1.165, 1.54) is 0 Å². The monoisotopic (exact) mass is 262 g/mol. The van der Waals surface area contributed by atoms with E-state index in [0.29, 0.717) is 11.8 Å². The second-order valence-electron chi connectivity index (χ2n) is 2.14. The van der Waals surface area contributed by atoms with Gasteiger partial charge in [-0.3, -0.25) is 4.79 Å². The number of aromatic hydroxyl groups is 1. The Morgan fingerprint density at radius 1 is 1.55 bits per heavy atom. The van der Waals surface area contributed by atoms with E-state index in [1.54, 1.807) is 12.1 Å². The molecule has 0 fully saturated rings. The summed E-state index contributed by atoms with van der Waals surface area (Å²) in [7, 11) is 0. The predicted octanol–water partition coefficient (Wildman–Crippen LogP) is 2.14. The average Bonchev–Trinajstić information content (AvgIpc) is 2.04. The molecule has 58 valence electrons. The van der Waals surface area contributed by atoms with Crippen LogP contribution in [0.15, 0.2) is 18.2 Å². The highest BCUT2D eigenvalue weighted by molar-refractivity contribution is 14.1. The van der Waals surface area contributed by atoms with Gasteiger partial charge in [0.05, 0.1) is 5.56 Å². The van der Waals surface area contributed by atoms with Crippen LogP contribution < -0.4 is 0 Å². The molecule has 1 rings (SSSR count). The number of rotatable bonds is 2. The lowest BCUT2D eigenvalue weighted by Gasteiger charge is -1.98. The van der Waals surface area contributed by atoms with Crippen molar-refractivity contribution in [2.24, 2.45) is 0 Å². The molecule has 0 aliphatic rings. The van der Waals surface area contributed by atoms with Crippen LogP contribution in [0.3, 0.4) is 0 Å². The zero-order chi connectivity index (χ0) is 8.27. The number of hydrogen-bond donors (Lipinski definition) is 1. The summed E-state index contributed by atoms with van der Waals surface area (Å²) < 4.78 is 0.838. The molecule has 0 heterocycles. The zero-order valence-corrected chi connectivity index (χ0v) is 7.91. The minimum Gasteiger partial charge on any atom is -0.507 e. The molecule has 0 unspecified atom stereocenters. The lowest BCUT2D eigenvalue weighted by Crippen LogP contribution is -1.83. The Bertz CT molecular complexity index is 271. The van der Waals surface area contributed by atoms with Gasteiger partial charge in [0.2, 0.25) is 0 Å². The summed E-state index contributed by atoms with van der Waals surface area (Å²) in [5.41, 5.74) is 1.37. The number of carbonyl (C=O) groups is 1. The molecule has 3 heteroatoms. The van der Waals surface area contributed by atoms with E-state index in [9.17, 15) is 9.90 Å². The summed E-state index contributed by atoms with van der Waals surface area (Å²) >= 11 is 2.19. The van der Waals surface area contributed by atoms with Gasteiger partial charge in [-0.05, 0) is 17.7 Å². The van der Waals surface area contributed by atoms with Gasteiger partial charge >= 0.3 is 0 Å². The average molecular weight is 262 g/mol. The van der Waals surface area contributed by atoms with Crippen molar-refractivity contribution in [1.29, 1.82) is 0 Å². The van der Waals surface area contributed by atoms with Crippen LogP contribution >= 0.6 is 22.6 Å². The summed E-state index contributed by atoms with van der Waals surface area (Å²) in [5, 5.41) is 9.19. The van der Waals surface area contributed by atoms with Crippen molar-refractivity contribution in [1.82, 2.24) is 0 Å². The Hall–Kier alpha value is -0.580. The van der Waals surface area contributed by atoms with E-state index in [0.717, 1.165) is 9.99 Å². The largest absolute Gasteiger partial charge is 0.507 e. The Morgan fingerprint density at radius 2 is 2.27 bits per heavy atom. The third-order valence-corrected chi connectivity index (χ3v) is 2.26. The molecule has 0 atom stereocenters. The molecular weight excluding hydrogens is 255 g/mol. The van der Waals surface area contributed by atoms with Crippen LogP contribution in [0.1, 0.15) is 15.9 Å². The fourth-order valence-electron chi connectivity index (χ4n) is 0.772. The third-order valence-electron chi connectivity index (χ3n) is 1.38. The first-order valence-corrected chi connectivity index (χ1v) is 4.63. The summed E-state index contributed by atoms with van der Waals surface area (Å²) in [6.45, 7) is 0. The van der Waals surface area contributed by atoms with E-state index in [4.69, 9.17) is 0 Å². The van der Waals surface area contributed by atoms with Crippen molar-refractivity contribution < 1.29 is 9.90 Å². The summed E-state index contributed by atoms with van der Waals surface area (Å²) in [6, 6.07) is 5.06. The van der Waals surface area contributed by atoms with Crippen LogP contribution in [0.5, 0.6) is 5.75 Å². The predicted molar refractivity (Wildman–Crippen MR) is 51.2 cm³/mol. The van der Waals surface area contributed by atoms with Crippen LogP contribution in [-0.2, 0) is 4.43 Å². The zero-order valence-electron chi connectivity index (χ0n) is 5.75. The lowest BCUT2D eigenvalue weighted by molar-refractivity contribution is 0.112. The van der Waals surface area contributed by atoms with E-state index in [1.807, 2.05) is 6.07 Å². The Kier molecular flexibility index (Phi) is 2.87. The van der Waals surface area contributed by atoms with Crippen molar-refractivity contribution in [3.8, 4) is 5.75 Å². The van der Waals surface area contributed by atoms with Crippen LogP contribution in [0.25, 0.3) is 0 Å². The number of carbonyl (C=O) groups excluding carboxylic acids is 1. The van der Waals surface area contributed by atoms with Crippen LogP contribution in [0.4, 0.5) is 0 Å². The van der Waals surface area contributed by atoms with Crippen molar-refractivity contribution in [3.63, 3.8) is 0 Å². The molecule has 0 bridgehead atoms. The molecule has 0 saturated carbocycles. The van der Waals surface area contributed by atoms with Crippen LogP contribution in [-0.4, -0.2) is 11.4 Å². The van der Waals surface area contributed by atoms with Gasteiger partial charge in [-0.25, -0.2) is 0 Å². The van der Waals surface area contributed by atoms with Crippen molar-refractivity contribution in [3.05, 3.63) is 29.3 Å². The minimum absolute atomic E-state index is 0.0640. The van der Waals surface area contributed by atoms with Gasteiger partial charge in [0.25, 0.3) is 0 Å². The quantitative estimate of drug-likeness (QED) is 0.503. The maximum atomic E-state index is 10.3. The van der Waals surface area contributed by atoms with Gasteiger partial charge in [-0.15, -0.1) is 0 Å². The molecule has 0 aliphatic heterocycles. The number of hydrogen-bond acceptors (Lipinski definition) is 2. The van der Waals surface area contributed by atoms with Gasteiger partial charge in [-0.2, -0.15) is 0 Å². The summed E-state index contributed by atoms with van der Waals surface area (Å²) in [5.74, 6) is 0.0640. The summed E-state index contributed by atoms with van der Waals surface area (Å²) in [4.78, 5) is 10.3. The summed E-state index contributed by atoms with van der Waals surface area (Å²) in [6.07, 6.45) is 0.645. The van der Waals surface area contributed by atoms with Gasteiger partial charge in [0, 0.05) is 4.43 Å². The highest BCUT2D eigenvalue weighted by Gasteiger charge is 1.99. The molecule has 11 heavy (non-hydrogen) atoms. The third kappa shape index (κ3) is 1.92. The number of phenolic OH excluding ortho intramolecular Hbond substituents is 1. The highest BCUT2D eigenvalue weighted by atomic mass is 127. The van der Waals surface area contributed by atoms with E-state index in [2.05, 4.69) is 22.6 Å². The lowest BCUT2D eigenvalue weighted by atomic mass is 10.1. The Morgan fingerprint density at radius 3 is 2.73 bits per heavy atom. The fraction of sp³-hybridized carbons (Fsp3) is 0.125. The molecular formula is C8H7IO2. The van der Waals surface area contributed by atoms with Crippen molar-refractivity contribution >= 4 is 28.9 Å². The first-order chi connectivity index (χ1) is 5.27. The molecule has 0 spiro atoms. The van der Waals surface area contributed by atoms with Gasteiger partial charge in [0.1, 0.15) is 5.75 Å². The normalized spacial score (nSPS) is 9.55. The van der Waals surface area contributed by atoms with Crippen LogP contribution in [0.2, 0.25) is 0 Å². The van der Waals surface area contributed by atoms with E-state index < -0.39 is 0 Å². The maximum Gasteiger partial charge on any atom is 0.153 e. The fourth-order valence-corrected chi connectivity index (χ4v) is 1.25. The highest BCUT2D eigenvalue weighted by Crippen LogP contribution is 2.18. The topological polar surface area (TPSA) is 37.3 Å². The standard InChI is InChI=1S/C8H7IO2/c9-4-6-1-2-7(5-10)8(11)3-6/h1-3,5,11H,4H2. The molecule has 2 nitrogen and oxygen atoms in total. The van der Waals surface area contributed by atoms with Crippen LogP contribution in [0, 0.1) is 0 Å². The van der Waals surface area contributed by atoms with Crippen molar-refractivity contribution in [2.75, 3.05) is 0 Å². The molecule has 0 saturated heterocycles. The maximum absolute atomic E-state index is 10.3. The second-order valence-corrected chi connectivity index (χ2v) is 2.91. The Balaban J connectivity index is 3.09. The molecule has 1 aromatic rings. The number of aldehydes is 1. The SMILES string of the molecule is O=Cc1ccc(CI)cc1O. The first-order valence-electron chi connectivity index (χ1n) is 3.11. The van der Waals surface area contributed by atoms with Gasteiger partial charge in [0.15, 0.2) is 6.29 Å². The minimum atomic E-state index is 0.0640. The van der Waals surface area contributed by atoms with Gasteiger partial charge < -0.3 is 5.11 Å². The number of benzene rings is 1. The van der Waals surface area contributed by atoms with Crippen molar-refractivity contribution in [2.45, 2.75) is 4.43 Å². The van der Waals surface area contributed by atoms with E-state index >= 15 is 0 Å². The van der Waals surface area contributed by atoms with E-state index in [-0.39, 0.29) is 5.75 Å². The number of alkyl halides is 1. The Labute approximate surface area is 78.4 Å². The van der Waals surface area contributed by atoms with Gasteiger partial charge in [-0.1, -0.05) is 28.7 Å². The number of phenols is 1. The first kappa shape index (κ1) is 8.52. The number of halogens is 1. The molecule has 0 radical (unpaired) electrons. The molecule has 0 amide bonds. The molecule has 1 N–H and O–H groups in total. The smallest absolute Gasteiger partial charge is 0.153 e. The molecule has 0 aliphatic carbocycles. The second kappa shape index (κ2) is 3.71. The molecule has 0 aromatic heterocycles. The molecule has 1 aromatic carbocycles.